The Kier molecular flexibility index (Phi) is 7.24. The van der Waals surface area contributed by atoms with Crippen LogP contribution in [0.4, 0.5) is 13.2 Å². The van der Waals surface area contributed by atoms with Crippen molar-refractivity contribution < 1.29 is 18.0 Å². The molecule has 0 radical (unpaired) electrons. The van der Waals surface area contributed by atoms with Crippen LogP contribution in [-0.4, -0.2) is 16.8 Å². The number of amides is 1. The fraction of sp³-hybridized carbons (Fsp3) is 0.0370. The Morgan fingerprint density at radius 2 is 1.00 bits per heavy atom. The van der Waals surface area contributed by atoms with Gasteiger partial charge < -0.3 is 0 Å². The number of benzene rings is 4. The lowest BCUT2D eigenvalue weighted by Crippen LogP contribution is -2.24. The Hall–Kier alpha value is -3.29. The minimum Gasteiger partial charge on any atom is -0.261 e. The summed E-state index contributed by atoms with van der Waals surface area (Å²) in [5.41, 5.74) is 0. The van der Waals surface area contributed by atoms with Gasteiger partial charge in [-0.3, -0.25) is 4.79 Å². The molecule has 0 saturated carbocycles. The Labute approximate surface area is 200 Å². The molecule has 7 heteroatoms. The van der Waals surface area contributed by atoms with Gasteiger partial charge in [-0.1, -0.05) is 72.8 Å². The third-order valence-corrected chi connectivity index (χ3v) is 10.8. The highest BCUT2D eigenvalue weighted by atomic mass is 32.3. The SMILES string of the molecule is O=C(N=S(=C[S+](c1ccccc1)c1ccccc1)(c1ccccc1)c1ccccc1)C(F)(F)F. The molecule has 0 N–H and O–H groups in total. The summed E-state index contributed by atoms with van der Waals surface area (Å²) in [6.07, 6.45) is -5.08. The Bertz CT molecular complexity index is 1280. The summed E-state index contributed by atoms with van der Waals surface area (Å²) < 4.78 is 46.5. The van der Waals surface area contributed by atoms with Crippen molar-refractivity contribution in [2.24, 2.45) is 4.36 Å². The number of carbonyl (C=O) groups is 1. The summed E-state index contributed by atoms with van der Waals surface area (Å²) in [4.78, 5) is 15.4. The predicted molar refractivity (Wildman–Crippen MR) is 133 cm³/mol. The van der Waals surface area contributed by atoms with Crippen LogP contribution in [0.5, 0.6) is 0 Å². The van der Waals surface area contributed by atoms with Gasteiger partial charge in [-0.15, -0.1) is 0 Å². The van der Waals surface area contributed by atoms with Crippen molar-refractivity contribution in [3.05, 3.63) is 121 Å². The van der Waals surface area contributed by atoms with Crippen LogP contribution in [-0.2, 0) is 25.1 Å². The van der Waals surface area contributed by atoms with Gasteiger partial charge in [-0.25, -0.2) is 0 Å². The van der Waals surface area contributed by atoms with Crippen molar-refractivity contribution in [3.63, 3.8) is 0 Å². The molecule has 0 heterocycles. The molecule has 0 aliphatic heterocycles. The van der Waals surface area contributed by atoms with E-state index < -0.39 is 32.4 Å². The van der Waals surface area contributed by atoms with Gasteiger partial charge in [0.1, 0.15) is 0 Å². The van der Waals surface area contributed by atoms with Crippen LogP contribution in [0.25, 0.3) is 0 Å². The highest BCUT2D eigenvalue weighted by Gasteiger charge is 2.40. The van der Waals surface area contributed by atoms with Crippen LogP contribution >= 0.6 is 0 Å². The monoisotopic (exact) mass is 496 g/mol. The third-order valence-electron chi connectivity index (χ3n) is 4.90. The lowest BCUT2D eigenvalue weighted by Gasteiger charge is -2.18. The number of halogens is 3. The van der Waals surface area contributed by atoms with Gasteiger partial charge >= 0.3 is 12.1 Å². The molecule has 34 heavy (non-hydrogen) atoms. The average Bonchev–Trinajstić information content (AvgIpc) is 2.88. The molecule has 0 saturated heterocycles. The molecule has 0 aliphatic carbocycles. The van der Waals surface area contributed by atoms with E-state index in [1.807, 2.05) is 65.4 Å². The highest BCUT2D eigenvalue weighted by molar-refractivity contribution is 8.24. The van der Waals surface area contributed by atoms with E-state index >= 15 is 0 Å². The summed E-state index contributed by atoms with van der Waals surface area (Å²) in [7, 11) is -3.66. The van der Waals surface area contributed by atoms with Crippen LogP contribution < -0.4 is 0 Å². The number of alkyl halides is 3. The van der Waals surface area contributed by atoms with E-state index in [-0.39, 0.29) is 0 Å². The van der Waals surface area contributed by atoms with E-state index in [0.717, 1.165) is 9.79 Å². The minimum atomic E-state index is -5.08. The fourth-order valence-electron chi connectivity index (χ4n) is 3.33. The number of hydrogen-bond donors (Lipinski definition) is 0. The molecule has 0 atom stereocenters. The van der Waals surface area contributed by atoms with Crippen LogP contribution in [0.3, 0.4) is 0 Å². The first kappa shape index (κ1) is 23.9. The molecule has 4 rings (SSSR count). The van der Waals surface area contributed by atoms with Gasteiger partial charge in [0.2, 0.25) is 0 Å². The third kappa shape index (κ3) is 5.26. The van der Waals surface area contributed by atoms with Crippen molar-refractivity contribution >= 4 is 30.9 Å². The lowest BCUT2D eigenvalue weighted by atomic mass is 10.4. The van der Waals surface area contributed by atoms with E-state index in [1.54, 1.807) is 60.7 Å². The Balaban J connectivity index is 2.15. The summed E-state index contributed by atoms with van der Waals surface area (Å²) in [5, 5.41) is 0. The van der Waals surface area contributed by atoms with E-state index in [2.05, 4.69) is 4.36 Å². The maximum atomic E-state index is 13.6. The van der Waals surface area contributed by atoms with E-state index in [4.69, 9.17) is 0 Å². The van der Waals surface area contributed by atoms with E-state index in [1.165, 1.54) is 0 Å². The number of carbonyl (C=O) groups excluding carboxylic acids is 1. The standard InChI is InChI=1S/C27H21F3NOS2/c28-27(29,30)26(32)31-34(24-17-9-3-10-18-24,25-19-11-4-12-20-25)21-33(22-13-5-1-6-14-22)23-15-7-2-8-16-23/h1-21H/q+1. The van der Waals surface area contributed by atoms with Crippen LogP contribution in [0.15, 0.2) is 145 Å². The second-order valence-corrected chi connectivity index (χ2v) is 12.0. The maximum absolute atomic E-state index is 13.6. The molecule has 2 nitrogen and oxygen atoms in total. The zero-order chi connectivity index (χ0) is 24.0. The summed E-state index contributed by atoms with van der Waals surface area (Å²) in [6, 6.07) is 36.7. The molecule has 0 fully saturated rings. The van der Waals surface area contributed by atoms with Gasteiger partial charge in [-0.2, -0.15) is 17.5 Å². The second kappa shape index (κ2) is 10.3. The van der Waals surface area contributed by atoms with Gasteiger partial charge in [-0.05, 0) is 57.9 Å². The first-order chi connectivity index (χ1) is 16.4. The van der Waals surface area contributed by atoms with E-state index in [9.17, 15) is 18.0 Å². The first-order valence-corrected chi connectivity index (χ1v) is 13.3. The normalized spacial score (nSPS) is 11.8. The lowest BCUT2D eigenvalue weighted by molar-refractivity contribution is -0.169. The van der Waals surface area contributed by atoms with Crippen molar-refractivity contribution in [3.8, 4) is 0 Å². The van der Waals surface area contributed by atoms with Gasteiger partial charge in [0, 0.05) is 9.79 Å². The predicted octanol–water partition coefficient (Wildman–Crippen LogP) is 7.03. The fourth-order valence-corrected chi connectivity index (χ4v) is 9.56. The molecule has 0 aromatic heterocycles. The molecular weight excluding hydrogens is 475 g/mol. The molecule has 0 unspecified atom stereocenters. The van der Waals surface area contributed by atoms with Crippen molar-refractivity contribution in [2.75, 3.05) is 0 Å². The van der Waals surface area contributed by atoms with Crippen molar-refractivity contribution in [1.29, 1.82) is 0 Å². The zero-order valence-corrected chi connectivity index (χ0v) is 19.6. The number of rotatable bonds is 5. The summed E-state index contributed by atoms with van der Waals surface area (Å²) in [5.74, 6) is -2.09. The quantitative estimate of drug-likeness (QED) is 0.216. The molecule has 4 aromatic carbocycles. The topological polar surface area (TPSA) is 29.4 Å². The maximum Gasteiger partial charge on any atom is 0.474 e. The molecule has 1 amide bonds. The van der Waals surface area contributed by atoms with Gasteiger partial charge in [0.25, 0.3) is 0 Å². The first-order valence-electron chi connectivity index (χ1n) is 10.4. The zero-order valence-electron chi connectivity index (χ0n) is 17.9. The van der Waals surface area contributed by atoms with Gasteiger partial charge in [0.05, 0.1) is 10.9 Å². The summed E-state index contributed by atoms with van der Waals surface area (Å²) in [6.45, 7) is 0. The van der Waals surface area contributed by atoms with E-state index in [0.29, 0.717) is 9.79 Å². The summed E-state index contributed by atoms with van der Waals surface area (Å²) >= 11 is 0. The molecule has 4 aromatic rings. The molecular formula is C27H21F3NOS2+. The largest absolute Gasteiger partial charge is 0.474 e. The van der Waals surface area contributed by atoms with Crippen molar-refractivity contribution in [2.45, 2.75) is 25.8 Å². The minimum absolute atomic E-state index is 0.558. The van der Waals surface area contributed by atoms with Crippen LogP contribution in [0.2, 0.25) is 0 Å². The van der Waals surface area contributed by atoms with Crippen molar-refractivity contribution in [1.82, 2.24) is 0 Å². The van der Waals surface area contributed by atoms with Gasteiger partial charge in [0.15, 0.2) is 14.5 Å². The van der Waals surface area contributed by atoms with Crippen LogP contribution in [0, 0.1) is 0 Å². The second-order valence-electron chi connectivity index (χ2n) is 7.21. The number of hydrogen-bond acceptors (Lipinski definition) is 1. The molecule has 0 spiro atoms. The highest BCUT2D eigenvalue weighted by Crippen LogP contribution is 2.31. The molecule has 0 aliphatic rings. The van der Waals surface area contributed by atoms with Crippen LogP contribution in [0.1, 0.15) is 0 Å². The molecule has 0 bridgehead atoms. The Morgan fingerprint density at radius 3 is 1.35 bits per heavy atom. The Morgan fingerprint density at radius 1 is 0.647 bits per heavy atom. The number of nitrogens with zero attached hydrogens (tertiary/aromatic N) is 1. The molecule has 172 valence electrons. The smallest absolute Gasteiger partial charge is 0.261 e. The average molecular weight is 497 g/mol.